The highest BCUT2D eigenvalue weighted by atomic mass is 16.5. The molecule has 2 aliphatic rings. The zero-order valence-corrected chi connectivity index (χ0v) is 7.79. The number of aldehydes is 1. The van der Waals surface area contributed by atoms with Crippen LogP contribution >= 0.6 is 0 Å². The second-order valence-electron chi connectivity index (χ2n) is 4.23. The topological polar surface area (TPSA) is 43.4 Å². The summed E-state index contributed by atoms with van der Waals surface area (Å²) >= 11 is 0. The van der Waals surface area contributed by atoms with Crippen molar-refractivity contribution < 1.29 is 14.3 Å². The summed E-state index contributed by atoms with van der Waals surface area (Å²) < 4.78 is 4.79. The fourth-order valence-corrected chi connectivity index (χ4v) is 3.03. The van der Waals surface area contributed by atoms with Crippen molar-refractivity contribution in [1.82, 2.24) is 0 Å². The highest BCUT2D eigenvalue weighted by molar-refractivity contribution is 5.82. The van der Waals surface area contributed by atoms with E-state index in [9.17, 15) is 9.59 Å². The molecule has 2 bridgehead atoms. The standard InChI is InChI=1S/C10H14O3/c1-13-9(12)10-3-2-7(5-10)4-8(10)6-11/h6-8H,2-5H2,1H3. The maximum Gasteiger partial charge on any atom is 0.312 e. The summed E-state index contributed by atoms with van der Waals surface area (Å²) in [4.78, 5) is 22.4. The van der Waals surface area contributed by atoms with Gasteiger partial charge in [0.05, 0.1) is 12.5 Å². The van der Waals surface area contributed by atoms with E-state index in [4.69, 9.17) is 4.74 Å². The van der Waals surface area contributed by atoms with Crippen molar-refractivity contribution in [3.05, 3.63) is 0 Å². The molecule has 72 valence electrons. The number of ether oxygens (including phenoxy) is 1. The Morgan fingerprint density at radius 3 is 2.92 bits per heavy atom. The molecular weight excluding hydrogens is 168 g/mol. The number of rotatable bonds is 2. The zero-order valence-electron chi connectivity index (χ0n) is 7.79. The Kier molecular flexibility index (Phi) is 1.90. The number of hydrogen-bond acceptors (Lipinski definition) is 3. The summed E-state index contributed by atoms with van der Waals surface area (Å²) in [6, 6.07) is 0. The van der Waals surface area contributed by atoms with E-state index in [0.717, 1.165) is 32.0 Å². The van der Waals surface area contributed by atoms with Gasteiger partial charge in [-0.05, 0) is 31.6 Å². The van der Waals surface area contributed by atoms with E-state index in [1.165, 1.54) is 7.11 Å². The molecule has 2 fully saturated rings. The van der Waals surface area contributed by atoms with Crippen molar-refractivity contribution >= 4 is 12.3 Å². The molecule has 3 unspecified atom stereocenters. The second kappa shape index (κ2) is 2.82. The maximum absolute atomic E-state index is 11.6. The van der Waals surface area contributed by atoms with Crippen LogP contribution in [0.2, 0.25) is 0 Å². The predicted octanol–water partition coefficient (Wildman–Crippen LogP) is 1.16. The molecule has 2 aliphatic carbocycles. The normalized spacial score (nSPS) is 41.9. The van der Waals surface area contributed by atoms with E-state index in [2.05, 4.69) is 0 Å². The average Bonchev–Trinajstić information content (AvgIpc) is 2.73. The van der Waals surface area contributed by atoms with Crippen molar-refractivity contribution in [3.63, 3.8) is 0 Å². The van der Waals surface area contributed by atoms with Gasteiger partial charge in [0.1, 0.15) is 6.29 Å². The first kappa shape index (κ1) is 8.73. The minimum absolute atomic E-state index is 0.0845. The summed E-state index contributed by atoms with van der Waals surface area (Å²) in [5.41, 5.74) is -0.443. The number of carbonyl (C=O) groups excluding carboxylic acids is 2. The predicted molar refractivity (Wildman–Crippen MR) is 46.0 cm³/mol. The molecule has 0 aromatic heterocycles. The fraction of sp³-hybridized carbons (Fsp3) is 0.800. The van der Waals surface area contributed by atoms with Crippen LogP contribution in [-0.2, 0) is 14.3 Å². The van der Waals surface area contributed by atoms with Crippen LogP contribution in [0.3, 0.4) is 0 Å². The van der Waals surface area contributed by atoms with E-state index in [1.807, 2.05) is 0 Å². The zero-order chi connectivity index (χ0) is 9.47. The molecule has 3 heteroatoms. The molecule has 0 N–H and O–H groups in total. The minimum Gasteiger partial charge on any atom is -0.469 e. The van der Waals surface area contributed by atoms with E-state index in [1.54, 1.807) is 0 Å². The van der Waals surface area contributed by atoms with Gasteiger partial charge >= 0.3 is 5.97 Å². The Labute approximate surface area is 77.4 Å². The Balaban J connectivity index is 2.27. The van der Waals surface area contributed by atoms with Gasteiger partial charge in [-0.3, -0.25) is 4.79 Å². The van der Waals surface area contributed by atoms with Gasteiger partial charge in [0.2, 0.25) is 0 Å². The molecule has 0 saturated heterocycles. The lowest BCUT2D eigenvalue weighted by Crippen LogP contribution is -2.35. The van der Waals surface area contributed by atoms with Gasteiger partial charge < -0.3 is 9.53 Å². The van der Waals surface area contributed by atoms with Crippen LogP contribution in [0.15, 0.2) is 0 Å². The molecule has 13 heavy (non-hydrogen) atoms. The third kappa shape index (κ3) is 1.02. The molecule has 3 atom stereocenters. The van der Waals surface area contributed by atoms with Gasteiger partial charge in [0.25, 0.3) is 0 Å². The van der Waals surface area contributed by atoms with Gasteiger partial charge in [0.15, 0.2) is 0 Å². The van der Waals surface area contributed by atoms with Gasteiger partial charge in [-0.25, -0.2) is 0 Å². The van der Waals surface area contributed by atoms with Gasteiger partial charge in [-0.2, -0.15) is 0 Å². The molecule has 0 aromatic carbocycles. The largest absolute Gasteiger partial charge is 0.469 e. The fourth-order valence-electron chi connectivity index (χ4n) is 3.03. The van der Waals surface area contributed by atoms with Crippen molar-refractivity contribution in [2.45, 2.75) is 25.7 Å². The van der Waals surface area contributed by atoms with Gasteiger partial charge in [0, 0.05) is 5.92 Å². The Hall–Kier alpha value is -0.860. The van der Waals surface area contributed by atoms with Gasteiger partial charge in [-0.15, -0.1) is 0 Å². The van der Waals surface area contributed by atoms with Crippen molar-refractivity contribution in [2.75, 3.05) is 7.11 Å². The SMILES string of the molecule is COC(=O)C12CCC(CC1C=O)C2. The first-order valence-corrected chi connectivity index (χ1v) is 4.76. The molecule has 2 saturated carbocycles. The lowest BCUT2D eigenvalue weighted by Gasteiger charge is -2.28. The van der Waals surface area contributed by atoms with Crippen molar-refractivity contribution in [1.29, 1.82) is 0 Å². The summed E-state index contributed by atoms with van der Waals surface area (Å²) in [5.74, 6) is 0.317. The molecule has 0 radical (unpaired) electrons. The number of carbonyl (C=O) groups is 2. The lowest BCUT2D eigenvalue weighted by atomic mass is 9.76. The van der Waals surface area contributed by atoms with Crippen LogP contribution in [0.4, 0.5) is 0 Å². The molecule has 0 spiro atoms. The molecule has 2 rings (SSSR count). The van der Waals surface area contributed by atoms with Crippen LogP contribution in [0.1, 0.15) is 25.7 Å². The lowest BCUT2D eigenvalue weighted by molar-refractivity contribution is -0.156. The van der Waals surface area contributed by atoms with Crippen molar-refractivity contribution in [2.24, 2.45) is 17.3 Å². The van der Waals surface area contributed by atoms with Crippen LogP contribution in [0.25, 0.3) is 0 Å². The van der Waals surface area contributed by atoms with E-state index in [0.29, 0.717) is 5.92 Å². The third-order valence-electron chi connectivity index (χ3n) is 3.70. The highest BCUT2D eigenvalue weighted by Gasteiger charge is 2.57. The van der Waals surface area contributed by atoms with E-state index in [-0.39, 0.29) is 11.9 Å². The molecule has 0 aromatic rings. The van der Waals surface area contributed by atoms with Crippen LogP contribution in [0.5, 0.6) is 0 Å². The number of methoxy groups -OCH3 is 1. The smallest absolute Gasteiger partial charge is 0.312 e. The quantitative estimate of drug-likeness (QED) is 0.475. The average molecular weight is 182 g/mol. The molecule has 3 nitrogen and oxygen atoms in total. The second-order valence-corrected chi connectivity index (χ2v) is 4.23. The Morgan fingerprint density at radius 1 is 1.62 bits per heavy atom. The first-order chi connectivity index (χ1) is 6.23. The van der Waals surface area contributed by atoms with E-state index < -0.39 is 5.41 Å². The van der Waals surface area contributed by atoms with Crippen molar-refractivity contribution in [3.8, 4) is 0 Å². The maximum atomic E-state index is 11.6. The number of hydrogen-bond donors (Lipinski definition) is 0. The monoisotopic (exact) mass is 182 g/mol. The Morgan fingerprint density at radius 2 is 2.38 bits per heavy atom. The minimum atomic E-state index is -0.443. The number of esters is 1. The number of fused-ring (bicyclic) bond motifs is 2. The van der Waals surface area contributed by atoms with E-state index >= 15 is 0 Å². The van der Waals surface area contributed by atoms with Crippen LogP contribution < -0.4 is 0 Å². The highest BCUT2D eigenvalue weighted by Crippen LogP contribution is 2.57. The molecule has 0 heterocycles. The van der Waals surface area contributed by atoms with Crippen LogP contribution in [-0.4, -0.2) is 19.4 Å². The Bertz CT molecular complexity index is 249. The van der Waals surface area contributed by atoms with Gasteiger partial charge in [-0.1, -0.05) is 0 Å². The summed E-state index contributed by atoms with van der Waals surface area (Å²) in [7, 11) is 1.41. The van der Waals surface area contributed by atoms with Crippen LogP contribution in [0, 0.1) is 17.3 Å². The summed E-state index contributed by atoms with van der Waals surface area (Å²) in [5, 5.41) is 0. The molecule has 0 amide bonds. The first-order valence-electron chi connectivity index (χ1n) is 4.76. The third-order valence-corrected chi connectivity index (χ3v) is 3.70. The molecular formula is C10H14O3. The summed E-state index contributed by atoms with van der Waals surface area (Å²) in [6.45, 7) is 0. The summed E-state index contributed by atoms with van der Waals surface area (Å²) in [6.07, 6.45) is 4.62. The molecule has 0 aliphatic heterocycles.